The molecular weight excluding hydrogens is 228 g/mol. The number of Topliss-reactive ketones (excluding diaryl/α,β-unsaturated/α-hetero) is 1. The van der Waals surface area contributed by atoms with E-state index < -0.39 is 6.10 Å². The summed E-state index contributed by atoms with van der Waals surface area (Å²) in [5.74, 6) is -0.0364. The van der Waals surface area contributed by atoms with Gasteiger partial charge in [0.1, 0.15) is 6.10 Å². The molecule has 0 radical (unpaired) electrons. The SMILES string of the molecule is CCc1cc(CC(=O)C(O)C(CC)CC)n(C)n1. The normalized spacial score (nSPS) is 13.0. The molecule has 0 spiro atoms. The fraction of sp³-hybridized carbons (Fsp3) is 0.714. The van der Waals surface area contributed by atoms with Crippen molar-refractivity contribution in [2.75, 3.05) is 0 Å². The lowest BCUT2D eigenvalue weighted by molar-refractivity contribution is -0.129. The molecule has 0 aliphatic rings. The zero-order valence-electron chi connectivity index (χ0n) is 11.8. The van der Waals surface area contributed by atoms with Crippen LogP contribution in [0.3, 0.4) is 0 Å². The van der Waals surface area contributed by atoms with Crippen molar-refractivity contribution >= 4 is 5.78 Å². The quantitative estimate of drug-likeness (QED) is 0.806. The van der Waals surface area contributed by atoms with Crippen LogP contribution in [0, 0.1) is 5.92 Å². The molecule has 0 bridgehead atoms. The molecule has 102 valence electrons. The molecule has 0 aromatic carbocycles. The number of carbonyl (C=O) groups is 1. The first-order valence-electron chi connectivity index (χ1n) is 6.75. The molecule has 0 saturated heterocycles. The highest BCUT2D eigenvalue weighted by molar-refractivity contribution is 5.85. The Kier molecular flexibility index (Phi) is 5.54. The second kappa shape index (κ2) is 6.69. The lowest BCUT2D eigenvalue weighted by Crippen LogP contribution is -2.30. The Bertz CT molecular complexity index is 394. The third-order valence-corrected chi connectivity index (χ3v) is 3.57. The topological polar surface area (TPSA) is 55.1 Å². The van der Waals surface area contributed by atoms with Crippen molar-refractivity contribution < 1.29 is 9.90 Å². The monoisotopic (exact) mass is 252 g/mol. The Morgan fingerprint density at radius 1 is 1.39 bits per heavy atom. The minimum atomic E-state index is -0.847. The number of hydrogen-bond acceptors (Lipinski definition) is 3. The molecule has 1 N–H and O–H groups in total. The van der Waals surface area contributed by atoms with Crippen molar-refractivity contribution in [2.45, 2.75) is 52.6 Å². The Morgan fingerprint density at radius 2 is 2.00 bits per heavy atom. The molecule has 0 saturated carbocycles. The molecule has 1 aromatic rings. The number of rotatable bonds is 7. The van der Waals surface area contributed by atoms with Crippen LogP contribution in [0.15, 0.2) is 6.07 Å². The number of ketones is 1. The second-order valence-corrected chi connectivity index (χ2v) is 4.77. The average molecular weight is 252 g/mol. The van der Waals surface area contributed by atoms with Crippen molar-refractivity contribution in [1.82, 2.24) is 9.78 Å². The predicted octanol–water partition coefficient (Wildman–Crippen LogP) is 1.89. The first-order valence-corrected chi connectivity index (χ1v) is 6.75. The number of nitrogens with zero attached hydrogens (tertiary/aromatic N) is 2. The van der Waals surface area contributed by atoms with Crippen LogP contribution in [0.4, 0.5) is 0 Å². The molecule has 0 aliphatic heterocycles. The van der Waals surface area contributed by atoms with Crippen LogP contribution in [-0.2, 0) is 24.7 Å². The van der Waals surface area contributed by atoms with Crippen LogP contribution in [0.1, 0.15) is 45.0 Å². The van der Waals surface area contributed by atoms with E-state index in [0.29, 0.717) is 0 Å². The fourth-order valence-corrected chi connectivity index (χ4v) is 2.19. The first kappa shape index (κ1) is 14.9. The highest BCUT2D eigenvalue weighted by Crippen LogP contribution is 2.16. The van der Waals surface area contributed by atoms with Crippen molar-refractivity contribution in [2.24, 2.45) is 13.0 Å². The Hall–Kier alpha value is -1.16. The van der Waals surface area contributed by atoms with Crippen LogP contribution in [0.2, 0.25) is 0 Å². The smallest absolute Gasteiger partial charge is 0.167 e. The number of aromatic nitrogens is 2. The molecule has 1 aromatic heterocycles. The molecule has 18 heavy (non-hydrogen) atoms. The lowest BCUT2D eigenvalue weighted by atomic mass is 9.92. The molecule has 0 amide bonds. The fourth-order valence-electron chi connectivity index (χ4n) is 2.19. The van der Waals surface area contributed by atoms with E-state index in [1.54, 1.807) is 4.68 Å². The van der Waals surface area contributed by atoms with Crippen LogP contribution in [0.5, 0.6) is 0 Å². The van der Waals surface area contributed by atoms with E-state index in [4.69, 9.17) is 0 Å². The van der Waals surface area contributed by atoms with Crippen molar-refractivity contribution in [3.8, 4) is 0 Å². The van der Waals surface area contributed by atoms with Gasteiger partial charge in [-0.3, -0.25) is 9.48 Å². The van der Waals surface area contributed by atoms with Gasteiger partial charge in [0.2, 0.25) is 0 Å². The number of aliphatic hydroxyl groups is 1. The molecular formula is C14H24N2O2. The Morgan fingerprint density at radius 3 is 2.44 bits per heavy atom. The van der Waals surface area contributed by atoms with Crippen LogP contribution < -0.4 is 0 Å². The molecule has 1 atom stereocenters. The van der Waals surface area contributed by atoms with Crippen LogP contribution in [-0.4, -0.2) is 26.8 Å². The third-order valence-electron chi connectivity index (χ3n) is 3.57. The summed E-state index contributed by atoms with van der Waals surface area (Å²) in [6, 6.07) is 1.94. The van der Waals surface area contributed by atoms with Gasteiger partial charge in [0.25, 0.3) is 0 Å². The molecule has 1 unspecified atom stereocenters. The van der Waals surface area contributed by atoms with Crippen LogP contribution >= 0.6 is 0 Å². The summed E-state index contributed by atoms with van der Waals surface area (Å²) >= 11 is 0. The molecule has 1 heterocycles. The van der Waals surface area contributed by atoms with Gasteiger partial charge in [-0.1, -0.05) is 33.6 Å². The van der Waals surface area contributed by atoms with Gasteiger partial charge in [-0.25, -0.2) is 0 Å². The van der Waals surface area contributed by atoms with Gasteiger partial charge in [-0.2, -0.15) is 5.10 Å². The number of aliphatic hydroxyl groups excluding tert-OH is 1. The van der Waals surface area contributed by atoms with Crippen LogP contribution in [0.25, 0.3) is 0 Å². The van der Waals surface area contributed by atoms with Crippen molar-refractivity contribution in [3.05, 3.63) is 17.5 Å². The third kappa shape index (κ3) is 3.42. The Balaban J connectivity index is 2.71. The highest BCUT2D eigenvalue weighted by Gasteiger charge is 2.24. The minimum Gasteiger partial charge on any atom is -0.385 e. The number of aryl methyl sites for hydroxylation is 2. The minimum absolute atomic E-state index is 0.0661. The summed E-state index contributed by atoms with van der Waals surface area (Å²) in [7, 11) is 1.84. The lowest BCUT2D eigenvalue weighted by Gasteiger charge is -2.18. The summed E-state index contributed by atoms with van der Waals surface area (Å²) < 4.78 is 1.73. The largest absolute Gasteiger partial charge is 0.385 e. The first-order chi connectivity index (χ1) is 8.53. The van der Waals surface area contributed by atoms with E-state index in [-0.39, 0.29) is 18.1 Å². The van der Waals surface area contributed by atoms with E-state index in [9.17, 15) is 9.90 Å². The summed E-state index contributed by atoms with van der Waals surface area (Å²) in [6.07, 6.45) is 1.93. The van der Waals surface area contributed by atoms with E-state index in [2.05, 4.69) is 5.10 Å². The van der Waals surface area contributed by atoms with E-state index in [0.717, 1.165) is 30.7 Å². The molecule has 0 aliphatic carbocycles. The van der Waals surface area contributed by atoms with Gasteiger partial charge in [0, 0.05) is 12.7 Å². The second-order valence-electron chi connectivity index (χ2n) is 4.77. The number of hydrogen-bond donors (Lipinski definition) is 1. The van der Waals surface area contributed by atoms with Gasteiger partial charge < -0.3 is 5.11 Å². The van der Waals surface area contributed by atoms with E-state index in [1.165, 1.54) is 0 Å². The summed E-state index contributed by atoms with van der Waals surface area (Å²) in [6.45, 7) is 6.04. The predicted molar refractivity (Wildman–Crippen MR) is 71.4 cm³/mol. The zero-order chi connectivity index (χ0) is 13.7. The summed E-state index contributed by atoms with van der Waals surface area (Å²) in [5.41, 5.74) is 1.86. The number of carbonyl (C=O) groups excluding carboxylic acids is 1. The van der Waals surface area contributed by atoms with E-state index in [1.807, 2.05) is 33.9 Å². The highest BCUT2D eigenvalue weighted by atomic mass is 16.3. The molecule has 4 nitrogen and oxygen atoms in total. The van der Waals surface area contributed by atoms with Gasteiger partial charge in [-0.15, -0.1) is 0 Å². The Labute approximate surface area is 109 Å². The summed E-state index contributed by atoms with van der Waals surface area (Å²) in [5, 5.41) is 14.3. The summed E-state index contributed by atoms with van der Waals surface area (Å²) in [4.78, 5) is 12.0. The maximum absolute atomic E-state index is 12.0. The molecule has 4 heteroatoms. The molecule has 1 rings (SSSR count). The van der Waals surface area contributed by atoms with Gasteiger partial charge in [0.05, 0.1) is 12.1 Å². The molecule has 0 fully saturated rings. The zero-order valence-corrected chi connectivity index (χ0v) is 11.8. The average Bonchev–Trinajstić information content (AvgIpc) is 2.71. The maximum atomic E-state index is 12.0. The van der Waals surface area contributed by atoms with Gasteiger partial charge in [-0.05, 0) is 18.4 Å². The standard InChI is InChI=1S/C14H24N2O2/c1-5-10(6-2)14(18)13(17)9-12-8-11(7-3)15-16(12)4/h8,10,14,18H,5-7,9H2,1-4H3. The van der Waals surface area contributed by atoms with Crippen molar-refractivity contribution in [1.29, 1.82) is 0 Å². The maximum Gasteiger partial charge on any atom is 0.167 e. The van der Waals surface area contributed by atoms with Crippen molar-refractivity contribution in [3.63, 3.8) is 0 Å². The van der Waals surface area contributed by atoms with E-state index >= 15 is 0 Å². The van der Waals surface area contributed by atoms with Gasteiger partial charge in [0.15, 0.2) is 5.78 Å². The van der Waals surface area contributed by atoms with Gasteiger partial charge >= 0.3 is 0 Å².